The number of H-pyrrole nitrogens is 1. The summed E-state index contributed by atoms with van der Waals surface area (Å²) >= 11 is 0. The Labute approximate surface area is 197 Å². The molecule has 0 saturated heterocycles. The number of nitrogens with one attached hydrogen (secondary N) is 1. The highest BCUT2D eigenvalue weighted by Gasteiger charge is 2.35. The summed E-state index contributed by atoms with van der Waals surface area (Å²) in [5.74, 6) is 0. The van der Waals surface area contributed by atoms with Gasteiger partial charge in [0.05, 0.1) is 28.9 Å². The molecule has 0 aliphatic heterocycles. The van der Waals surface area contributed by atoms with Crippen LogP contribution in [0.1, 0.15) is 22.4 Å². The molecule has 0 radical (unpaired) electrons. The highest BCUT2D eigenvalue weighted by Crippen LogP contribution is 2.38. The average Bonchev–Trinajstić information content (AvgIpc) is 2.85. The molecule has 0 spiro atoms. The van der Waals surface area contributed by atoms with Gasteiger partial charge in [-0.25, -0.2) is 9.94 Å². The van der Waals surface area contributed by atoms with Crippen LogP contribution >= 0.6 is 0 Å². The van der Waals surface area contributed by atoms with E-state index >= 15 is 0 Å². The zero-order valence-electron chi connectivity index (χ0n) is 18.4. The third kappa shape index (κ3) is 4.02. The molecule has 0 atom stereocenters. The topological polar surface area (TPSA) is 115 Å². The van der Waals surface area contributed by atoms with Crippen molar-refractivity contribution in [1.29, 1.82) is 0 Å². The third-order valence-corrected chi connectivity index (χ3v) is 5.69. The summed E-state index contributed by atoms with van der Waals surface area (Å²) in [7, 11) is 1.46. The van der Waals surface area contributed by atoms with E-state index in [1.807, 2.05) is 12.1 Å². The van der Waals surface area contributed by atoms with Gasteiger partial charge in [0, 0.05) is 36.3 Å². The first-order valence-electron chi connectivity index (χ1n) is 10.4. The lowest BCUT2D eigenvalue weighted by atomic mass is 9.90. The number of aliphatic imine (C=N–C) groups is 1. The van der Waals surface area contributed by atoms with Gasteiger partial charge < -0.3 is 11.5 Å². The van der Waals surface area contributed by atoms with Gasteiger partial charge in [0.15, 0.2) is 0 Å². The number of hydrogen-bond acceptors (Lipinski definition) is 5. The summed E-state index contributed by atoms with van der Waals surface area (Å²) in [4.78, 5) is 20.3. The number of fused-ring (bicyclic) bond motifs is 2. The Morgan fingerprint density at radius 2 is 1.94 bits per heavy atom. The molecule has 7 nitrogen and oxygen atoms in total. The molecule has 35 heavy (non-hydrogen) atoms. The minimum atomic E-state index is -4.84. The number of halogens is 3. The lowest BCUT2D eigenvalue weighted by Crippen LogP contribution is -2.19. The zero-order valence-corrected chi connectivity index (χ0v) is 18.4. The van der Waals surface area contributed by atoms with E-state index in [0.29, 0.717) is 16.6 Å². The highest BCUT2D eigenvalue weighted by atomic mass is 19.4. The van der Waals surface area contributed by atoms with Crippen molar-refractivity contribution in [3.05, 3.63) is 98.9 Å². The molecule has 176 valence electrons. The maximum atomic E-state index is 14.1. The highest BCUT2D eigenvalue weighted by molar-refractivity contribution is 6.34. The molecule has 3 aromatic carbocycles. The summed E-state index contributed by atoms with van der Waals surface area (Å²) < 4.78 is 42.2. The second kappa shape index (κ2) is 9.04. The zero-order chi connectivity index (χ0) is 25.3. The van der Waals surface area contributed by atoms with Gasteiger partial charge in [0.25, 0.3) is 5.56 Å². The summed E-state index contributed by atoms with van der Waals surface area (Å²) in [5.41, 5.74) is 10.7. The molecule has 0 bridgehead atoms. The minimum absolute atomic E-state index is 0.0419. The molecule has 5 N–H and O–H groups in total. The predicted molar refractivity (Wildman–Crippen MR) is 130 cm³/mol. The van der Waals surface area contributed by atoms with Crippen molar-refractivity contribution < 1.29 is 13.2 Å². The van der Waals surface area contributed by atoms with E-state index in [0.717, 1.165) is 17.7 Å². The number of aromatic nitrogens is 2. The summed E-state index contributed by atoms with van der Waals surface area (Å²) in [6.45, 7) is 7.55. The molecule has 1 aromatic heterocycles. The molecular formula is C25H19F3N6O. The Kier molecular flexibility index (Phi) is 6.11. The molecule has 4 aromatic rings. The van der Waals surface area contributed by atoms with Crippen molar-refractivity contribution in [2.45, 2.75) is 12.7 Å². The maximum Gasteiger partial charge on any atom is 0.417 e. The van der Waals surface area contributed by atoms with Crippen molar-refractivity contribution in [3.8, 4) is 0 Å². The molecule has 0 saturated carbocycles. The summed E-state index contributed by atoms with van der Waals surface area (Å²) in [6.07, 6.45) is -3.71. The first-order chi connectivity index (χ1) is 16.7. The van der Waals surface area contributed by atoms with Gasteiger partial charge in [-0.05, 0) is 28.5 Å². The van der Waals surface area contributed by atoms with E-state index in [9.17, 15) is 18.0 Å². The summed E-state index contributed by atoms with van der Waals surface area (Å²) in [6, 6.07) is 13.0. The van der Waals surface area contributed by atoms with Gasteiger partial charge in [0.1, 0.15) is 0 Å². The summed E-state index contributed by atoms with van der Waals surface area (Å²) in [5, 5.41) is 6.79. The Bertz CT molecular complexity index is 1630. The van der Waals surface area contributed by atoms with Crippen molar-refractivity contribution in [1.82, 2.24) is 10.2 Å². The van der Waals surface area contributed by atoms with Crippen molar-refractivity contribution >= 4 is 38.5 Å². The molecule has 0 unspecified atom stereocenters. The maximum absolute atomic E-state index is 14.1. The Morgan fingerprint density at radius 1 is 1.20 bits per heavy atom. The molecule has 0 amide bonds. The fourth-order valence-corrected chi connectivity index (χ4v) is 4.15. The molecule has 4 rings (SSSR count). The van der Waals surface area contributed by atoms with Crippen LogP contribution in [0.4, 0.5) is 18.9 Å². The van der Waals surface area contributed by atoms with E-state index in [-0.39, 0.29) is 34.5 Å². The number of nitrogens with zero attached hydrogens (tertiary/aromatic N) is 3. The normalized spacial score (nSPS) is 12.8. The predicted octanol–water partition coefficient (Wildman–Crippen LogP) is 4.52. The lowest BCUT2D eigenvalue weighted by molar-refractivity contribution is -0.136. The van der Waals surface area contributed by atoms with E-state index in [1.54, 1.807) is 24.3 Å². The van der Waals surface area contributed by atoms with Crippen LogP contribution in [-0.4, -0.2) is 23.0 Å². The van der Waals surface area contributed by atoms with Gasteiger partial charge >= 0.3 is 6.18 Å². The van der Waals surface area contributed by atoms with Crippen molar-refractivity contribution in [2.75, 3.05) is 7.05 Å². The minimum Gasteiger partial charge on any atom is -0.404 e. The Morgan fingerprint density at radius 3 is 2.57 bits per heavy atom. The number of hydrogen-bond donors (Lipinski definition) is 3. The van der Waals surface area contributed by atoms with E-state index in [2.05, 4.69) is 20.0 Å². The fourth-order valence-electron chi connectivity index (χ4n) is 4.15. The molecular weight excluding hydrogens is 457 g/mol. The number of rotatable bonds is 4. The van der Waals surface area contributed by atoms with E-state index < -0.39 is 22.7 Å². The van der Waals surface area contributed by atoms with Gasteiger partial charge in [-0.3, -0.25) is 9.79 Å². The molecule has 0 fully saturated rings. The van der Waals surface area contributed by atoms with Gasteiger partial charge in [-0.15, -0.1) is 0 Å². The quantitative estimate of drug-likeness (QED) is 0.297. The first kappa shape index (κ1) is 23.7. The second-order valence-corrected chi connectivity index (χ2v) is 7.59. The van der Waals surface area contributed by atoms with Gasteiger partial charge in [0.2, 0.25) is 5.69 Å². The monoisotopic (exact) mass is 476 g/mol. The molecule has 0 aliphatic rings. The molecule has 0 aliphatic carbocycles. The largest absolute Gasteiger partial charge is 0.417 e. The van der Waals surface area contributed by atoms with Crippen LogP contribution in [0, 0.1) is 6.57 Å². The van der Waals surface area contributed by atoms with Crippen molar-refractivity contribution in [3.63, 3.8) is 0 Å². The Hall–Kier alpha value is -4.49. The first-order valence-corrected chi connectivity index (χ1v) is 10.4. The van der Waals surface area contributed by atoms with Gasteiger partial charge in [-0.1, -0.05) is 36.4 Å². The van der Waals surface area contributed by atoms with Crippen LogP contribution < -0.4 is 17.0 Å². The fraction of sp³-hybridized carbons (Fsp3) is 0.120. The van der Waals surface area contributed by atoms with Crippen LogP contribution in [0.5, 0.6) is 0 Å². The molecule has 10 heteroatoms. The van der Waals surface area contributed by atoms with Gasteiger partial charge in [-0.2, -0.15) is 18.3 Å². The second-order valence-electron chi connectivity index (χ2n) is 7.59. The standard InChI is InChI=1S/C25H19F3N6O/c1-31-22-15-6-4-3-5-13(15)7-8-16(22)23(32-2)18(11-29)14-9-17-20(12-30)33-34-24(35)21(17)19(10-14)25(26,27)28/h3-11H,12,29-30H2,2H3,(H,34,35)/b18-11-,32-23?. The van der Waals surface area contributed by atoms with Crippen LogP contribution in [-0.2, 0) is 12.7 Å². The number of aromatic amines is 1. The number of nitrogens with two attached hydrogens (primary N) is 2. The number of benzene rings is 3. The van der Waals surface area contributed by atoms with Crippen LogP contribution in [0.2, 0.25) is 0 Å². The van der Waals surface area contributed by atoms with Crippen LogP contribution in [0.15, 0.2) is 64.5 Å². The van der Waals surface area contributed by atoms with Crippen LogP contribution in [0.25, 0.3) is 32.0 Å². The Balaban J connectivity index is 2.03. The SMILES string of the molecule is [C-]#[N+]c1c(C(=NC)/C(=C\N)c2cc(C(F)(F)F)c3c(=O)[nH]nc(CN)c3c2)ccc2ccccc12. The smallest absolute Gasteiger partial charge is 0.404 e. The van der Waals surface area contributed by atoms with E-state index in [4.69, 9.17) is 18.0 Å². The number of allylic oxidation sites excluding steroid dienone is 1. The van der Waals surface area contributed by atoms with Crippen LogP contribution in [0.3, 0.4) is 0 Å². The average molecular weight is 476 g/mol. The molecule has 1 heterocycles. The lowest BCUT2D eigenvalue weighted by Gasteiger charge is -2.18. The third-order valence-electron chi connectivity index (χ3n) is 5.69. The number of alkyl halides is 3. The van der Waals surface area contributed by atoms with E-state index in [1.165, 1.54) is 13.1 Å². The van der Waals surface area contributed by atoms with Crippen molar-refractivity contribution in [2.24, 2.45) is 16.5 Å².